The van der Waals surface area contributed by atoms with Gasteiger partial charge >= 0.3 is 6.18 Å². The minimum Gasteiger partial charge on any atom is -0.331 e. The second-order valence-electron chi connectivity index (χ2n) is 7.24. The van der Waals surface area contributed by atoms with E-state index in [4.69, 9.17) is 0 Å². The van der Waals surface area contributed by atoms with Gasteiger partial charge in [-0.3, -0.25) is 9.78 Å². The van der Waals surface area contributed by atoms with E-state index >= 15 is 0 Å². The van der Waals surface area contributed by atoms with Crippen LogP contribution in [0.4, 0.5) is 13.2 Å². The molecule has 1 aromatic heterocycles. The van der Waals surface area contributed by atoms with Crippen molar-refractivity contribution in [3.63, 3.8) is 0 Å². The number of aromatic nitrogens is 1. The Bertz CT molecular complexity index is 868. The molecular formula is C20H20F3N3O. The summed E-state index contributed by atoms with van der Waals surface area (Å²) in [6.07, 6.45) is -3.59. The lowest BCUT2D eigenvalue weighted by atomic mass is 9.87. The normalized spacial score (nSPS) is 24.9. The minimum atomic E-state index is -4.67. The van der Waals surface area contributed by atoms with Crippen molar-refractivity contribution in [2.24, 2.45) is 11.8 Å². The first-order chi connectivity index (χ1) is 12.9. The maximum atomic E-state index is 13.4. The van der Waals surface area contributed by atoms with E-state index in [9.17, 15) is 18.0 Å². The molecule has 2 aliphatic rings. The van der Waals surface area contributed by atoms with Gasteiger partial charge in [-0.2, -0.15) is 13.2 Å². The second kappa shape index (κ2) is 6.64. The van der Waals surface area contributed by atoms with Crippen LogP contribution in [0.2, 0.25) is 0 Å². The van der Waals surface area contributed by atoms with E-state index in [2.05, 4.69) is 10.3 Å². The number of fused-ring (bicyclic) bond motifs is 1. The SMILES string of the molecule is Cc1ccccc1[C@@H]1[C@H]2CNC[C@H]2CN1C(=O)c1cccnc1C(F)(F)F. The maximum absolute atomic E-state index is 13.4. The highest BCUT2D eigenvalue weighted by atomic mass is 19.4. The van der Waals surface area contributed by atoms with Crippen LogP contribution >= 0.6 is 0 Å². The molecule has 4 nitrogen and oxygen atoms in total. The lowest BCUT2D eigenvalue weighted by Gasteiger charge is -2.30. The molecule has 27 heavy (non-hydrogen) atoms. The average molecular weight is 375 g/mol. The average Bonchev–Trinajstić information content (AvgIpc) is 3.22. The van der Waals surface area contributed by atoms with E-state index in [1.54, 1.807) is 4.90 Å². The zero-order chi connectivity index (χ0) is 19.2. The first-order valence-electron chi connectivity index (χ1n) is 8.97. The summed E-state index contributed by atoms with van der Waals surface area (Å²) in [6.45, 7) is 3.95. The molecule has 2 aromatic rings. The third-order valence-electron chi connectivity index (χ3n) is 5.64. The van der Waals surface area contributed by atoms with Gasteiger partial charge in [-0.05, 0) is 36.1 Å². The van der Waals surface area contributed by atoms with Crippen molar-refractivity contribution in [1.82, 2.24) is 15.2 Å². The lowest BCUT2D eigenvalue weighted by molar-refractivity contribution is -0.141. The van der Waals surface area contributed by atoms with Gasteiger partial charge in [0.05, 0.1) is 11.6 Å². The summed E-state index contributed by atoms with van der Waals surface area (Å²) in [5.41, 5.74) is 0.541. The number of amides is 1. The molecule has 3 atom stereocenters. The maximum Gasteiger partial charge on any atom is 0.434 e. The minimum absolute atomic E-state index is 0.195. The highest BCUT2D eigenvalue weighted by Crippen LogP contribution is 2.44. The van der Waals surface area contributed by atoms with Crippen LogP contribution in [0, 0.1) is 18.8 Å². The van der Waals surface area contributed by atoms with Crippen molar-refractivity contribution in [2.45, 2.75) is 19.1 Å². The van der Waals surface area contributed by atoms with Gasteiger partial charge in [-0.25, -0.2) is 0 Å². The number of pyridine rings is 1. The Labute approximate surface area is 155 Å². The van der Waals surface area contributed by atoms with Crippen molar-refractivity contribution >= 4 is 5.91 Å². The number of nitrogens with zero attached hydrogens (tertiary/aromatic N) is 2. The first-order valence-corrected chi connectivity index (χ1v) is 8.97. The highest BCUT2D eigenvalue weighted by molar-refractivity contribution is 5.96. The van der Waals surface area contributed by atoms with Gasteiger partial charge in [-0.15, -0.1) is 0 Å². The third kappa shape index (κ3) is 3.10. The first kappa shape index (κ1) is 18.0. The fourth-order valence-electron chi connectivity index (χ4n) is 4.41. The van der Waals surface area contributed by atoms with E-state index in [0.29, 0.717) is 6.54 Å². The van der Waals surface area contributed by atoms with Gasteiger partial charge in [-0.1, -0.05) is 24.3 Å². The lowest BCUT2D eigenvalue weighted by Crippen LogP contribution is -2.36. The number of carbonyl (C=O) groups is 1. The van der Waals surface area contributed by atoms with Crippen molar-refractivity contribution < 1.29 is 18.0 Å². The van der Waals surface area contributed by atoms with Crippen molar-refractivity contribution in [3.05, 3.63) is 65.0 Å². The second-order valence-corrected chi connectivity index (χ2v) is 7.24. The number of nitrogens with one attached hydrogen (secondary N) is 1. The molecule has 3 heterocycles. The van der Waals surface area contributed by atoms with Crippen molar-refractivity contribution in [3.8, 4) is 0 Å². The summed E-state index contributed by atoms with van der Waals surface area (Å²) in [5, 5.41) is 3.35. The van der Waals surface area contributed by atoms with E-state index in [1.165, 1.54) is 12.1 Å². The molecule has 0 unspecified atom stereocenters. The summed E-state index contributed by atoms with van der Waals surface area (Å²) >= 11 is 0. The smallest absolute Gasteiger partial charge is 0.331 e. The quantitative estimate of drug-likeness (QED) is 0.875. The third-order valence-corrected chi connectivity index (χ3v) is 5.64. The molecule has 0 radical (unpaired) electrons. The number of alkyl halides is 3. The number of rotatable bonds is 2. The monoisotopic (exact) mass is 375 g/mol. The molecule has 1 N–H and O–H groups in total. The molecule has 2 aliphatic heterocycles. The predicted octanol–water partition coefficient (Wildman–Crippen LogP) is 3.44. The molecule has 2 saturated heterocycles. The molecule has 1 amide bonds. The van der Waals surface area contributed by atoms with Gasteiger partial charge in [0.15, 0.2) is 5.69 Å². The fourth-order valence-corrected chi connectivity index (χ4v) is 4.41. The Balaban J connectivity index is 1.76. The summed E-state index contributed by atoms with van der Waals surface area (Å²) in [5.74, 6) is -0.163. The fraction of sp³-hybridized carbons (Fsp3) is 0.400. The van der Waals surface area contributed by atoms with Crippen molar-refractivity contribution in [1.29, 1.82) is 0 Å². The Morgan fingerprint density at radius 1 is 1.19 bits per heavy atom. The van der Waals surface area contributed by atoms with Crippen LogP contribution in [0.15, 0.2) is 42.6 Å². The predicted molar refractivity (Wildman–Crippen MR) is 94.0 cm³/mol. The Kier molecular flexibility index (Phi) is 4.42. The number of halogens is 3. The van der Waals surface area contributed by atoms with Crippen LogP contribution in [0.25, 0.3) is 0 Å². The van der Waals surface area contributed by atoms with Crippen LogP contribution in [-0.2, 0) is 6.18 Å². The number of likely N-dealkylation sites (tertiary alicyclic amines) is 1. The number of hydrogen-bond donors (Lipinski definition) is 1. The molecule has 1 aromatic carbocycles. The molecule has 0 saturated carbocycles. The molecule has 0 spiro atoms. The topological polar surface area (TPSA) is 45.2 Å². The van der Waals surface area contributed by atoms with Gasteiger partial charge < -0.3 is 10.2 Å². The molecule has 2 fully saturated rings. The number of benzene rings is 1. The number of aryl methyl sites for hydroxylation is 1. The number of carbonyl (C=O) groups excluding carboxylic acids is 1. The highest BCUT2D eigenvalue weighted by Gasteiger charge is 2.48. The number of hydrogen-bond acceptors (Lipinski definition) is 3. The summed E-state index contributed by atoms with van der Waals surface area (Å²) in [6, 6.07) is 10.1. The molecule has 7 heteroatoms. The van der Waals surface area contributed by atoms with Gasteiger partial charge in [0.25, 0.3) is 5.91 Å². The Morgan fingerprint density at radius 2 is 1.96 bits per heavy atom. The van der Waals surface area contributed by atoms with Crippen LogP contribution < -0.4 is 5.32 Å². The summed E-state index contributed by atoms with van der Waals surface area (Å²) < 4.78 is 40.1. The van der Waals surface area contributed by atoms with Gasteiger partial charge in [0.1, 0.15) is 0 Å². The molecular weight excluding hydrogens is 355 g/mol. The van der Waals surface area contributed by atoms with E-state index in [-0.39, 0.29) is 23.4 Å². The van der Waals surface area contributed by atoms with Gasteiger partial charge in [0.2, 0.25) is 0 Å². The Hall–Kier alpha value is -2.41. The van der Waals surface area contributed by atoms with Crippen LogP contribution in [0.3, 0.4) is 0 Å². The standard InChI is InChI=1S/C20H20F3N3O/c1-12-5-2-3-6-14(12)17-16-10-24-9-13(16)11-26(17)19(27)15-7-4-8-25-18(15)20(21,22)23/h2-8,13,16-17,24H,9-11H2,1H3/t13-,16-,17+/m0/s1. The zero-order valence-electron chi connectivity index (χ0n) is 14.8. The summed E-state index contributed by atoms with van der Waals surface area (Å²) in [7, 11) is 0. The van der Waals surface area contributed by atoms with Crippen LogP contribution in [0.5, 0.6) is 0 Å². The molecule has 0 aliphatic carbocycles. The zero-order valence-corrected chi connectivity index (χ0v) is 14.8. The molecule has 142 valence electrons. The van der Waals surface area contributed by atoms with Crippen molar-refractivity contribution in [2.75, 3.05) is 19.6 Å². The van der Waals surface area contributed by atoms with E-state index in [1.807, 2.05) is 31.2 Å². The Morgan fingerprint density at radius 3 is 2.70 bits per heavy atom. The van der Waals surface area contributed by atoms with E-state index < -0.39 is 17.8 Å². The van der Waals surface area contributed by atoms with Crippen LogP contribution in [-0.4, -0.2) is 35.4 Å². The summed E-state index contributed by atoms with van der Waals surface area (Å²) in [4.78, 5) is 18.3. The van der Waals surface area contributed by atoms with Gasteiger partial charge in [0, 0.05) is 31.7 Å². The largest absolute Gasteiger partial charge is 0.434 e. The van der Waals surface area contributed by atoms with E-state index in [0.717, 1.165) is 30.4 Å². The van der Waals surface area contributed by atoms with Crippen LogP contribution in [0.1, 0.15) is 33.2 Å². The molecule has 4 rings (SSSR count). The molecule has 0 bridgehead atoms.